The number of piperidine rings is 1. The van der Waals surface area contributed by atoms with Gasteiger partial charge in [-0.25, -0.2) is 17.5 Å². The minimum Gasteiger partial charge on any atom is -0.325 e. The summed E-state index contributed by atoms with van der Waals surface area (Å²) in [4.78, 5) is 12.7. The van der Waals surface area contributed by atoms with Gasteiger partial charge in [-0.1, -0.05) is 0 Å². The highest BCUT2D eigenvalue weighted by atomic mass is 35.5. The number of nitrogens with one attached hydrogen (secondary N) is 2. The quantitative estimate of drug-likeness (QED) is 0.793. The maximum Gasteiger partial charge on any atom is 0.245 e. The Kier molecular flexibility index (Phi) is 6.28. The zero-order chi connectivity index (χ0) is 18.9. The molecule has 0 spiro atoms. The van der Waals surface area contributed by atoms with Crippen LogP contribution >= 0.6 is 12.4 Å². The largest absolute Gasteiger partial charge is 0.325 e. The predicted octanol–water partition coefficient (Wildman–Crippen LogP) is 1.85. The van der Waals surface area contributed by atoms with Gasteiger partial charge in [-0.2, -0.15) is 5.10 Å². The van der Waals surface area contributed by atoms with Crippen LogP contribution in [0, 0.1) is 12.7 Å². The molecule has 10 heteroatoms. The maximum atomic E-state index is 14.4. The lowest BCUT2D eigenvalue weighted by molar-refractivity contribution is -0.119. The first-order valence-corrected chi connectivity index (χ1v) is 10.1. The van der Waals surface area contributed by atoms with E-state index in [0.717, 1.165) is 11.8 Å². The Morgan fingerprint density at radius 3 is 2.52 bits per heavy atom. The molecule has 0 radical (unpaired) electrons. The molecule has 27 heavy (non-hydrogen) atoms. The van der Waals surface area contributed by atoms with Crippen molar-refractivity contribution in [2.24, 2.45) is 0 Å². The van der Waals surface area contributed by atoms with E-state index in [1.54, 1.807) is 12.4 Å². The standard InChI is InChI=1S/C17H21FN4O3S.ClH/c1-12-10-20-22(11-12)15-4-3-13(9-14(15)18)21-16(23)17(26(2,24)25)5-7-19-8-6-17;/h3-4,9-11,19H,5-8H2,1-2H3,(H,21,23);1H. The molecule has 0 unspecified atom stereocenters. The lowest BCUT2D eigenvalue weighted by Crippen LogP contribution is -2.55. The van der Waals surface area contributed by atoms with Gasteiger partial charge in [0.25, 0.3) is 0 Å². The number of nitrogens with zero attached hydrogens (tertiary/aromatic N) is 2. The van der Waals surface area contributed by atoms with E-state index in [1.165, 1.54) is 22.9 Å². The van der Waals surface area contributed by atoms with Gasteiger partial charge in [-0.3, -0.25) is 4.79 Å². The molecule has 2 N–H and O–H groups in total. The number of benzene rings is 1. The Bertz CT molecular complexity index is 939. The molecule has 2 heterocycles. The summed E-state index contributed by atoms with van der Waals surface area (Å²) in [6.07, 6.45) is 4.74. The van der Waals surface area contributed by atoms with E-state index in [-0.39, 0.29) is 36.6 Å². The third kappa shape index (κ3) is 4.15. The van der Waals surface area contributed by atoms with Crippen LogP contribution in [0.15, 0.2) is 30.6 Å². The van der Waals surface area contributed by atoms with Gasteiger partial charge in [0.15, 0.2) is 20.4 Å². The topological polar surface area (TPSA) is 93.1 Å². The molecule has 0 atom stereocenters. The average Bonchev–Trinajstić information content (AvgIpc) is 3.00. The fourth-order valence-corrected chi connectivity index (χ4v) is 4.49. The van der Waals surface area contributed by atoms with Crippen molar-refractivity contribution in [3.05, 3.63) is 42.0 Å². The highest BCUT2D eigenvalue weighted by Crippen LogP contribution is 2.30. The molecule has 1 aromatic carbocycles. The predicted molar refractivity (Wildman–Crippen MR) is 104 cm³/mol. The van der Waals surface area contributed by atoms with Crippen molar-refractivity contribution in [2.45, 2.75) is 24.5 Å². The number of carbonyl (C=O) groups excluding carboxylic acids is 1. The van der Waals surface area contributed by atoms with Crippen LogP contribution in [0.25, 0.3) is 5.69 Å². The Morgan fingerprint density at radius 1 is 1.33 bits per heavy atom. The second-order valence-electron chi connectivity index (χ2n) is 6.60. The van der Waals surface area contributed by atoms with Gasteiger partial charge >= 0.3 is 0 Å². The van der Waals surface area contributed by atoms with Gasteiger partial charge in [0.05, 0.1) is 6.20 Å². The molecule has 0 saturated carbocycles. The fourth-order valence-electron chi connectivity index (χ4n) is 3.16. The van der Waals surface area contributed by atoms with Gasteiger partial charge in [-0.15, -0.1) is 12.4 Å². The summed E-state index contributed by atoms with van der Waals surface area (Å²) in [6.45, 7) is 2.72. The molecule has 1 aliphatic rings. The molecule has 0 bridgehead atoms. The Balaban J connectivity index is 0.00000261. The number of aryl methyl sites for hydroxylation is 1. The van der Waals surface area contributed by atoms with Crippen LogP contribution in [-0.2, 0) is 14.6 Å². The van der Waals surface area contributed by atoms with Crippen molar-refractivity contribution in [2.75, 3.05) is 24.7 Å². The van der Waals surface area contributed by atoms with E-state index in [9.17, 15) is 17.6 Å². The number of aromatic nitrogens is 2. The minimum absolute atomic E-state index is 0. The Hall–Kier alpha value is -1.97. The molecule has 148 valence electrons. The fraction of sp³-hybridized carbons (Fsp3) is 0.412. The Labute approximate surface area is 163 Å². The van der Waals surface area contributed by atoms with E-state index in [0.29, 0.717) is 13.1 Å². The van der Waals surface area contributed by atoms with Gasteiger partial charge in [0.1, 0.15) is 5.69 Å². The van der Waals surface area contributed by atoms with E-state index in [4.69, 9.17) is 0 Å². The molecular formula is C17H22ClFN4O3S. The number of hydrogen-bond donors (Lipinski definition) is 2. The lowest BCUT2D eigenvalue weighted by atomic mass is 9.95. The number of rotatable bonds is 4. The van der Waals surface area contributed by atoms with Gasteiger partial charge < -0.3 is 10.6 Å². The zero-order valence-corrected chi connectivity index (χ0v) is 16.7. The SMILES string of the molecule is Cc1cnn(-c2ccc(NC(=O)C3(S(C)(=O)=O)CCNCC3)cc2F)c1.Cl. The first kappa shape index (κ1) is 21.3. The zero-order valence-electron chi connectivity index (χ0n) is 15.0. The second-order valence-corrected chi connectivity index (χ2v) is 8.92. The van der Waals surface area contributed by atoms with E-state index in [1.807, 2.05) is 6.92 Å². The summed E-state index contributed by atoms with van der Waals surface area (Å²) in [6, 6.07) is 4.19. The molecule has 2 aromatic rings. The van der Waals surface area contributed by atoms with E-state index in [2.05, 4.69) is 15.7 Å². The lowest BCUT2D eigenvalue weighted by Gasteiger charge is -2.34. The van der Waals surface area contributed by atoms with Crippen LogP contribution in [0.2, 0.25) is 0 Å². The summed E-state index contributed by atoms with van der Waals surface area (Å²) >= 11 is 0. The molecule has 1 aromatic heterocycles. The molecule has 0 aliphatic carbocycles. The van der Waals surface area contributed by atoms with Crippen LogP contribution in [0.3, 0.4) is 0 Å². The molecule has 1 fully saturated rings. The summed E-state index contributed by atoms with van der Waals surface area (Å²) in [5.41, 5.74) is 1.35. The first-order valence-electron chi connectivity index (χ1n) is 8.26. The van der Waals surface area contributed by atoms with Crippen molar-refractivity contribution in [3.8, 4) is 5.69 Å². The van der Waals surface area contributed by atoms with E-state index >= 15 is 0 Å². The van der Waals surface area contributed by atoms with Crippen molar-refractivity contribution >= 4 is 33.8 Å². The van der Waals surface area contributed by atoms with Crippen LogP contribution in [0.5, 0.6) is 0 Å². The monoisotopic (exact) mass is 416 g/mol. The minimum atomic E-state index is -3.63. The summed E-state index contributed by atoms with van der Waals surface area (Å²) in [5.74, 6) is -1.19. The maximum absolute atomic E-state index is 14.4. The Morgan fingerprint density at radius 2 is 2.00 bits per heavy atom. The molecule has 1 amide bonds. The summed E-state index contributed by atoms with van der Waals surface area (Å²) < 4.78 is 38.9. The molecule has 1 saturated heterocycles. The third-order valence-electron chi connectivity index (χ3n) is 4.70. The van der Waals surface area contributed by atoms with Crippen molar-refractivity contribution in [3.63, 3.8) is 0 Å². The summed E-state index contributed by atoms with van der Waals surface area (Å²) in [7, 11) is -3.63. The van der Waals surface area contributed by atoms with Gasteiger partial charge in [0, 0.05) is 18.1 Å². The van der Waals surface area contributed by atoms with Crippen molar-refractivity contribution in [1.29, 1.82) is 0 Å². The van der Waals surface area contributed by atoms with Gasteiger partial charge in [0.2, 0.25) is 5.91 Å². The molecular weight excluding hydrogens is 395 g/mol. The number of carbonyl (C=O) groups is 1. The van der Waals surface area contributed by atoms with Crippen LogP contribution < -0.4 is 10.6 Å². The van der Waals surface area contributed by atoms with Crippen LogP contribution in [0.1, 0.15) is 18.4 Å². The highest BCUT2D eigenvalue weighted by molar-refractivity contribution is 7.92. The molecule has 3 rings (SSSR count). The molecule has 1 aliphatic heterocycles. The van der Waals surface area contributed by atoms with Crippen LogP contribution in [-0.4, -0.2) is 48.2 Å². The molecule has 7 nitrogen and oxygen atoms in total. The third-order valence-corrected chi connectivity index (χ3v) is 6.71. The summed E-state index contributed by atoms with van der Waals surface area (Å²) in [5, 5.41) is 9.68. The van der Waals surface area contributed by atoms with Gasteiger partial charge in [-0.05, 0) is 56.6 Å². The number of amides is 1. The number of hydrogen-bond acceptors (Lipinski definition) is 5. The smallest absolute Gasteiger partial charge is 0.245 e. The van der Waals surface area contributed by atoms with E-state index < -0.39 is 26.3 Å². The number of sulfone groups is 1. The van der Waals surface area contributed by atoms with Crippen molar-refractivity contribution < 1.29 is 17.6 Å². The first-order chi connectivity index (χ1) is 12.2. The normalized spacial score (nSPS) is 16.4. The van der Waals surface area contributed by atoms with Crippen LogP contribution in [0.4, 0.5) is 10.1 Å². The second kappa shape index (κ2) is 7.95. The number of halogens is 2. The average molecular weight is 417 g/mol. The van der Waals surface area contributed by atoms with Crippen molar-refractivity contribution in [1.82, 2.24) is 15.1 Å². The number of anilines is 1. The highest BCUT2D eigenvalue weighted by Gasteiger charge is 2.48.